The molecule has 4 rings (SSSR count). The van der Waals surface area contributed by atoms with E-state index < -0.39 is 0 Å². The van der Waals surface area contributed by atoms with Gasteiger partial charge < -0.3 is 15.1 Å². The summed E-state index contributed by atoms with van der Waals surface area (Å²) in [5.41, 5.74) is 10.1. The zero-order chi connectivity index (χ0) is 27.0. The number of aliphatic imine (C=N–C) groups is 2. The van der Waals surface area contributed by atoms with E-state index in [2.05, 4.69) is 68.7 Å². The molecule has 0 fully saturated rings. The molecule has 2 unspecified atom stereocenters. The van der Waals surface area contributed by atoms with Crippen LogP contribution in [0.4, 0.5) is 0 Å². The normalized spacial score (nSPS) is 22.2. The highest BCUT2D eigenvalue weighted by Gasteiger charge is 2.31. The number of carbonyl (C=O) groups is 1. The van der Waals surface area contributed by atoms with Gasteiger partial charge in [-0.15, -0.1) is 0 Å². The zero-order valence-electron chi connectivity index (χ0n) is 23.5. The maximum absolute atomic E-state index is 12.2. The average molecular weight is 501 g/mol. The minimum atomic E-state index is -0.132. The highest BCUT2D eigenvalue weighted by molar-refractivity contribution is 6.24. The molecule has 0 aliphatic carbocycles. The van der Waals surface area contributed by atoms with Gasteiger partial charge in [-0.2, -0.15) is 0 Å². The maximum atomic E-state index is 12.2. The van der Waals surface area contributed by atoms with Gasteiger partial charge in [0.15, 0.2) is 5.88 Å². The SMILES string of the molecule is CCC1=C(C)C(=O)N=C1/C=C1N=C(/C=c2\[nH]/c(=C\c3[nH]c(O)c(C)c3CC)c(C)c2CC)C(CC)C\1C. The summed E-state index contributed by atoms with van der Waals surface area (Å²) in [6.07, 6.45) is 9.85. The van der Waals surface area contributed by atoms with Crippen LogP contribution >= 0.6 is 0 Å². The molecule has 0 aromatic carbocycles. The van der Waals surface area contributed by atoms with E-state index in [-0.39, 0.29) is 17.7 Å². The van der Waals surface area contributed by atoms with E-state index in [0.717, 1.165) is 81.5 Å². The van der Waals surface area contributed by atoms with Crippen molar-refractivity contribution in [3.63, 3.8) is 0 Å². The topological polar surface area (TPSA) is 93.6 Å². The molecule has 2 aliphatic rings. The van der Waals surface area contributed by atoms with Gasteiger partial charge in [-0.05, 0) is 86.9 Å². The second kappa shape index (κ2) is 10.5. The number of carbonyl (C=O) groups excluding carboxylic acids is 1. The second-order valence-corrected chi connectivity index (χ2v) is 10.2. The quantitative estimate of drug-likeness (QED) is 0.493. The standard InChI is InChI=1S/C31H40N4O2/c1-9-20-16(5)24(13-28-22(11-3)18(7)30(36)34-28)32-26(20)15-27-21(10-2)17(6)25(33-27)14-29-23(12-4)19(8)31(37)35-29/h13-16,20,33,35,37H,9-12H2,1-8H3/b24-13-,25-14-,27-15-. The molecule has 2 aromatic rings. The number of hydrogen-bond donors (Lipinski definition) is 3. The Hall–Kier alpha value is -3.41. The number of H-pyrrole nitrogens is 2. The molecule has 3 N–H and O–H groups in total. The van der Waals surface area contributed by atoms with Crippen molar-refractivity contribution < 1.29 is 9.90 Å². The fraction of sp³-hybridized carbons (Fsp3) is 0.452. The van der Waals surface area contributed by atoms with Crippen LogP contribution in [-0.2, 0) is 17.6 Å². The molecule has 6 heteroatoms. The van der Waals surface area contributed by atoms with Gasteiger partial charge in [0.05, 0.1) is 5.71 Å². The van der Waals surface area contributed by atoms with Crippen molar-refractivity contribution in [2.75, 3.05) is 0 Å². The second-order valence-electron chi connectivity index (χ2n) is 10.2. The van der Waals surface area contributed by atoms with Crippen molar-refractivity contribution in [3.05, 3.63) is 61.6 Å². The molecular formula is C31H40N4O2. The first kappa shape index (κ1) is 26.6. The zero-order valence-corrected chi connectivity index (χ0v) is 23.5. The molecule has 2 aliphatic heterocycles. The third kappa shape index (κ3) is 4.70. The number of allylic oxidation sites excluding steroid dienone is 3. The number of amides is 1. The third-order valence-electron chi connectivity index (χ3n) is 8.22. The fourth-order valence-corrected chi connectivity index (χ4v) is 5.86. The Morgan fingerprint density at radius 2 is 1.57 bits per heavy atom. The van der Waals surface area contributed by atoms with Crippen LogP contribution in [0.3, 0.4) is 0 Å². The lowest BCUT2D eigenvalue weighted by molar-refractivity contribution is -0.114. The van der Waals surface area contributed by atoms with Crippen molar-refractivity contribution in [3.8, 4) is 5.88 Å². The van der Waals surface area contributed by atoms with Crippen LogP contribution in [0.1, 0.15) is 82.3 Å². The minimum absolute atomic E-state index is 0.132. The number of nitrogens with one attached hydrogen (secondary N) is 2. The van der Waals surface area contributed by atoms with Crippen LogP contribution in [0.5, 0.6) is 5.88 Å². The molecule has 37 heavy (non-hydrogen) atoms. The summed E-state index contributed by atoms with van der Waals surface area (Å²) in [5, 5.41) is 12.3. The van der Waals surface area contributed by atoms with Crippen molar-refractivity contribution in [2.45, 2.75) is 81.1 Å². The molecule has 0 radical (unpaired) electrons. The molecule has 6 nitrogen and oxygen atoms in total. The highest BCUT2D eigenvalue weighted by Crippen LogP contribution is 2.34. The predicted octanol–water partition coefficient (Wildman–Crippen LogP) is 5.11. The van der Waals surface area contributed by atoms with Gasteiger partial charge in [0.2, 0.25) is 0 Å². The maximum Gasteiger partial charge on any atom is 0.273 e. The van der Waals surface area contributed by atoms with Crippen LogP contribution in [-0.4, -0.2) is 32.4 Å². The third-order valence-corrected chi connectivity index (χ3v) is 8.22. The number of rotatable bonds is 7. The monoisotopic (exact) mass is 500 g/mol. The van der Waals surface area contributed by atoms with Crippen molar-refractivity contribution in [1.82, 2.24) is 9.97 Å². The van der Waals surface area contributed by atoms with Crippen LogP contribution in [0.25, 0.3) is 12.2 Å². The van der Waals surface area contributed by atoms with Crippen LogP contribution in [0.15, 0.2) is 32.9 Å². The molecule has 196 valence electrons. The molecule has 2 aromatic heterocycles. The predicted molar refractivity (Wildman–Crippen MR) is 153 cm³/mol. The molecular weight excluding hydrogens is 460 g/mol. The summed E-state index contributed by atoms with van der Waals surface area (Å²) >= 11 is 0. The minimum Gasteiger partial charge on any atom is -0.494 e. The van der Waals surface area contributed by atoms with E-state index in [1.54, 1.807) is 0 Å². The number of hydrogen-bond acceptors (Lipinski definition) is 3. The van der Waals surface area contributed by atoms with Crippen LogP contribution < -0.4 is 10.7 Å². The van der Waals surface area contributed by atoms with Crippen LogP contribution in [0, 0.1) is 25.7 Å². The molecule has 2 atom stereocenters. The first-order valence-electron chi connectivity index (χ1n) is 13.6. The van der Waals surface area contributed by atoms with Gasteiger partial charge in [-0.25, -0.2) is 4.99 Å². The Morgan fingerprint density at radius 1 is 0.865 bits per heavy atom. The summed E-state index contributed by atoms with van der Waals surface area (Å²) in [6.45, 7) is 16.7. The van der Waals surface area contributed by atoms with Gasteiger partial charge in [0, 0.05) is 50.8 Å². The Balaban J connectivity index is 1.82. The highest BCUT2D eigenvalue weighted by atomic mass is 16.3. The number of aromatic nitrogens is 2. The summed E-state index contributed by atoms with van der Waals surface area (Å²) in [4.78, 5) is 28.3. The van der Waals surface area contributed by atoms with E-state index in [1.165, 1.54) is 11.1 Å². The number of aromatic hydroxyl groups is 1. The molecule has 1 amide bonds. The number of nitrogens with zero attached hydrogens (tertiary/aromatic N) is 2. The summed E-state index contributed by atoms with van der Waals surface area (Å²) in [5.74, 6) is 0.651. The molecule has 0 saturated heterocycles. The Bertz CT molecular complexity index is 1490. The van der Waals surface area contributed by atoms with Crippen molar-refractivity contribution in [2.24, 2.45) is 21.8 Å². The molecule has 4 heterocycles. The average Bonchev–Trinajstić information content (AvgIpc) is 3.51. The summed E-state index contributed by atoms with van der Waals surface area (Å²) < 4.78 is 0. The molecule has 0 spiro atoms. The largest absolute Gasteiger partial charge is 0.494 e. The first-order chi connectivity index (χ1) is 17.6. The Labute approximate surface area is 219 Å². The van der Waals surface area contributed by atoms with Gasteiger partial charge in [-0.3, -0.25) is 9.79 Å². The van der Waals surface area contributed by atoms with E-state index in [1.807, 2.05) is 19.9 Å². The molecule has 0 bridgehead atoms. The van der Waals surface area contributed by atoms with Crippen molar-refractivity contribution in [1.29, 1.82) is 0 Å². The molecule has 0 saturated carbocycles. The lowest BCUT2D eigenvalue weighted by Gasteiger charge is -2.14. The Morgan fingerprint density at radius 3 is 2.19 bits per heavy atom. The van der Waals surface area contributed by atoms with Crippen LogP contribution in [0.2, 0.25) is 0 Å². The van der Waals surface area contributed by atoms with E-state index in [9.17, 15) is 9.90 Å². The smallest absolute Gasteiger partial charge is 0.273 e. The lowest BCUT2D eigenvalue weighted by atomic mass is 9.87. The van der Waals surface area contributed by atoms with Gasteiger partial charge >= 0.3 is 0 Å². The van der Waals surface area contributed by atoms with Gasteiger partial charge in [-0.1, -0.05) is 34.6 Å². The first-order valence-corrected chi connectivity index (χ1v) is 13.6. The van der Waals surface area contributed by atoms with Gasteiger partial charge in [0.1, 0.15) is 0 Å². The van der Waals surface area contributed by atoms with E-state index in [0.29, 0.717) is 5.92 Å². The van der Waals surface area contributed by atoms with Crippen molar-refractivity contribution >= 4 is 29.5 Å². The van der Waals surface area contributed by atoms with E-state index >= 15 is 0 Å². The summed E-state index contributed by atoms with van der Waals surface area (Å²) in [6, 6.07) is 0. The van der Waals surface area contributed by atoms with E-state index in [4.69, 9.17) is 4.99 Å². The van der Waals surface area contributed by atoms with Gasteiger partial charge in [0.25, 0.3) is 5.91 Å². The summed E-state index contributed by atoms with van der Waals surface area (Å²) in [7, 11) is 0. The Kier molecular flexibility index (Phi) is 7.58. The number of aromatic amines is 2. The fourth-order valence-electron chi connectivity index (χ4n) is 5.86. The lowest BCUT2D eigenvalue weighted by Crippen LogP contribution is -2.19.